The van der Waals surface area contributed by atoms with Gasteiger partial charge in [-0.1, -0.05) is 6.07 Å². The molecule has 1 heterocycles. The lowest BCUT2D eigenvalue weighted by Crippen LogP contribution is -2.41. The number of fused-ring (bicyclic) bond motifs is 1. The van der Waals surface area contributed by atoms with Crippen molar-refractivity contribution in [3.63, 3.8) is 0 Å². The second-order valence-corrected chi connectivity index (χ2v) is 6.06. The minimum Gasteiger partial charge on any atom is -0.329 e. The fourth-order valence-corrected chi connectivity index (χ4v) is 2.63. The van der Waals surface area contributed by atoms with Crippen LogP contribution in [0, 0.1) is 0 Å². The van der Waals surface area contributed by atoms with E-state index in [2.05, 4.69) is 4.98 Å². The summed E-state index contributed by atoms with van der Waals surface area (Å²) < 4.78 is 39.2. The maximum atomic E-state index is 13.1. The molecule has 0 bridgehead atoms. The van der Waals surface area contributed by atoms with Gasteiger partial charge in [-0.25, -0.2) is 4.90 Å². The predicted octanol–water partition coefficient (Wildman–Crippen LogP) is 2.54. The number of halogens is 3. The lowest BCUT2D eigenvalue weighted by Gasteiger charge is -2.24. The Hall–Kier alpha value is -2.19. The van der Waals surface area contributed by atoms with E-state index in [0.29, 0.717) is 23.9 Å². The molecule has 0 saturated heterocycles. The van der Waals surface area contributed by atoms with Crippen LogP contribution in [0.4, 0.5) is 18.9 Å². The number of anilines is 1. The van der Waals surface area contributed by atoms with Gasteiger partial charge in [0.2, 0.25) is 5.91 Å². The fraction of sp³-hybridized carbons (Fsp3) is 0.412. The molecular weight excluding hydrogens is 333 g/mol. The molecule has 0 aliphatic heterocycles. The molecule has 0 aliphatic rings. The van der Waals surface area contributed by atoms with Crippen molar-refractivity contribution >= 4 is 22.5 Å². The van der Waals surface area contributed by atoms with Gasteiger partial charge in [0.25, 0.3) is 0 Å². The van der Waals surface area contributed by atoms with Crippen LogP contribution in [0.5, 0.6) is 0 Å². The fourth-order valence-electron chi connectivity index (χ4n) is 2.63. The molecule has 1 aromatic carbocycles. The second-order valence-electron chi connectivity index (χ2n) is 6.06. The number of hydrogen-bond donors (Lipinski definition) is 1. The van der Waals surface area contributed by atoms with Crippen molar-refractivity contribution < 1.29 is 18.0 Å². The third-order valence-electron chi connectivity index (χ3n) is 4.00. The smallest absolute Gasteiger partial charge is 0.329 e. The summed E-state index contributed by atoms with van der Waals surface area (Å²) in [6.45, 7) is 1.36. The highest BCUT2D eigenvalue weighted by Gasteiger charge is 2.40. The van der Waals surface area contributed by atoms with Crippen LogP contribution < -0.4 is 10.6 Å². The summed E-state index contributed by atoms with van der Waals surface area (Å²) in [4.78, 5) is 17.7. The number of likely N-dealkylation sites (N-methyl/N-ethyl adjacent to an activating group) is 1. The standard InChI is InChI=1S/C17H21F3N4O/c1-11(25)24(17(18,19)20)14-6-7-16-12(8-14)4-5-13(22-16)9-15(10-21)23(2)3/h4-8,15H,9-10,21H2,1-3H3. The van der Waals surface area contributed by atoms with Gasteiger partial charge >= 0.3 is 6.30 Å². The first-order chi connectivity index (χ1) is 11.6. The first-order valence-electron chi connectivity index (χ1n) is 7.77. The van der Waals surface area contributed by atoms with E-state index in [-0.39, 0.29) is 16.6 Å². The lowest BCUT2D eigenvalue weighted by molar-refractivity contribution is -0.148. The van der Waals surface area contributed by atoms with Crippen molar-refractivity contribution in [1.29, 1.82) is 0 Å². The average Bonchev–Trinajstić information content (AvgIpc) is 2.50. The molecule has 25 heavy (non-hydrogen) atoms. The Labute approximate surface area is 144 Å². The minimum atomic E-state index is -4.77. The molecule has 1 atom stereocenters. The molecule has 2 rings (SSSR count). The quantitative estimate of drug-likeness (QED) is 0.838. The molecule has 1 amide bonds. The first kappa shape index (κ1) is 19.1. The second kappa shape index (κ2) is 7.37. The Morgan fingerprint density at radius 3 is 2.44 bits per heavy atom. The van der Waals surface area contributed by atoms with Gasteiger partial charge in [0, 0.05) is 37.0 Å². The van der Waals surface area contributed by atoms with Crippen LogP contribution in [0.3, 0.4) is 0 Å². The average molecular weight is 354 g/mol. The number of hydrogen-bond acceptors (Lipinski definition) is 4. The highest BCUT2D eigenvalue weighted by molar-refractivity contribution is 5.94. The maximum absolute atomic E-state index is 13.1. The third-order valence-corrected chi connectivity index (χ3v) is 4.00. The molecule has 2 aromatic rings. The molecule has 0 saturated carbocycles. The van der Waals surface area contributed by atoms with Crippen molar-refractivity contribution in [2.75, 3.05) is 25.5 Å². The first-order valence-corrected chi connectivity index (χ1v) is 7.77. The Morgan fingerprint density at radius 2 is 1.92 bits per heavy atom. The minimum absolute atomic E-state index is 0.127. The zero-order valence-electron chi connectivity index (χ0n) is 14.3. The van der Waals surface area contributed by atoms with Gasteiger partial charge in [-0.15, -0.1) is 13.2 Å². The van der Waals surface area contributed by atoms with Crippen molar-refractivity contribution in [3.05, 3.63) is 36.0 Å². The maximum Gasteiger partial charge on any atom is 0.491 e. The van der Waals surface area contributed by atoms with Crippen LogP contribution in [0.25, 0.3) is 10.9 Å². The molecule has 136 valence electrons. The van der Waals surface area contributed by atoms with Crippen LogP contribution in [0.2, 0.25) is 0 Å². The molecule has 2 N–H and O–H groups in total. The highest BCUT2D eigenvalue weighted by atomic mass is 19.4. The zero-order chi connectivity index (χ0) is 18.8. The number of pyridine rings is 1. The van der Waals surface area contributed by atoms with Gasteiger partial charge in [0.05, 0.1) is 11.2 Å². The van der Waals surface area contributed by atoms with Crippen LogP contribution in [0.15, 0.2) is 30.3 Å². The van der Waals surface area contributed by atoms with Gasteiger partial charge in [0.15, 0.2) is 0 Å². The molecule has 0 spiro atoms. The number of aromatic nitrogens is 1. The number of benzene rings is 1. The SMILES string of the molecule is CC(=O)N(c1ccc2nc(CC(CN)N(C)C)ccc2c1)C(F)(F)F. The van der Waals surface area contributed by atoms with Crippen LogP contribution in [0.1, 0.15) is 12.6 Å². The number of rotatable bonds is 5. The summed E-state index contributed by atoms with van der Waals surface area (Å²) >= 11 is 0. The van der Waals surface area contributed by atoms with Gasteiger partial charge in [-0.3, -0.25) is 9.78 Å². The summed E-state index contributed by atoms with van der Waals surface area (Å²) in [6.07, 6.45) is -4.13. The van der Waals surface area contributed by atoms with Crippen molar-refractivity contribution in [1.82, 2.24) is 9.88 Å². The number of nitrogens with zero attached hydrogens (tertiary/aromatic N) is 3. The Balaban J connectivity index is 2.36. The molecule has 0 fully saturated rings. The molecule has 8 heteroatoms. The highest BCUT2D eigenvalue weighted by Crippen LogP contribution is 2.30. The topological polar surface area (TPSA) is 62.5 Å². The molecule has 1 unspecified atom stereocenters. The van der Waals surface area contributed by atoms with Gasteiger partial charge in [0.1, 0.15) is 0 Å². The van der Waals surface area contributed by atoms with Gasteiger partial charge in [-0.05, 0) is 38.4 Å². The Morgan fingerprint density at radius 1 is 1.24 bits per heavy atom. The van der Waals surface area contributed by atoms with E-state index >= 15 is 0 Å². The van der Waals surface area contributed by atoms with E-state index in [1.54, 1.807) is 12.1 Å². The molecular formula is C17H21F3N4O. The Bertz CT molecular complexity index is 761. The molecule has 1 aromatic heterocycles. The van der Waals surface area contributed by atoms with Crippen LogP contribution in [-0.2, 0) is 11.2 Å². The molecule has 0 aliphatic carbocycles. The van der Waals surface area contributed by atoms with Crippen molar-refractivity contribution in [3.8, 4) is 0 Å². The monoisotopic (exact) mass is 354 g/mol. The summed E-state index contributed by atoms with van der Waals surface area (Å²) in [5.74, 6) is -1.09. The van der Waals surface area contributed by atoms with E-state index < -0.39 is 12.2 Å². The van der Waals surface area contributed by atoms with E-state index in [1.165, 1.54) is 18.2 Å². The van der Waals surface area contributed by atoms with E-state index in [4.69, 9.17) is 5.73 Å². The lowest BCUT2D eigenvalue weighted by atomic mass is 10.1. The number of carbonyl (C=O) groups excluding carboxylic acids is 1. The van der Waals surface area contributed by atoms with E-state index in [1.807, 2.05) is 19.0 Å². The summed E-state index contributed by atoms with van der Waals surface area (Å²) in [5.41, 5.74) is 6.90. The van der Waals surface area contributed by atoms with E-state index in [0.717, 1.165) is 12.6 Å². The number of alkyl halides is 3. The van der Waals surface area contributed by atoms with Crippen molar-refractivity contribution in [2.24, 2.45) is 5.73 Å². The zero-order valence-corrected chi connectivity index (χ0v) is 14.3. The largest absolute Gasteiger partial charge is 0.491 e. The summed E-state index contributed by atoms with van der Waals surface area (Å²) in [7, 11) is 3.86. The predicted molar refractivity (Wildman–Crippen MR) is 91.2 cm³/mol. The molecule has 0 radical (unpaired) electrons. The number of amides is 1. The van der Waals surface area contributed by atoms with Crippen molar-refractivity contribution in [2.45, 2.75) is 25.7 Å². The number of nitrogens with two attached hydrogens (primary N) is 1. The summed E-state index contributed by atoms with van der Waals surface area (Å²) in [5, 5.41) is 0.533. The Kier molecular flexibility index (Phi) is 5.64. The molecule has 5 nitrogen and oxygen atoms in total. The van der Waals surface area contributed by atoms with Crippen LogP contribution >= 0.6 is 0 Å². The summed E-state index contributed by atoms with van der Waals surface area (Å²) in [6, 6.07) is 7.65. The number of carbonyl (C=O) groups is 1. The van der Waals surface area contributed by atoms with Crippen LogP contribution in [-0.4, -0.2) is 48.8 Å². The van der Waals surface area contributed by atoms with Gasteiger partial charge < -0.3 is 10.6 Å². The normalized spacial score (nSPS) is 13.3. The third kappa shape index (κ3) is 4.46. The van der Waals surface area contributed by atoms with Gasteiger partial charge in [-0.2, -0.15) is 0 Å². The van der Waals surface area contributed by atoms with E-state index in [9.17, 15) is 18.0 Å².